The second kappa shape index (κ2) is 16.3. The minimum absolute atomic E-state index is 0.0353. The number of hydrogen-bond donors (Lipinski definition) is 3. The maximum Gasteiger partial charge on any atom is 0.275 e. The van der Waals surface area contributed by atoms with E-state index in [0.29, 0.717) is 25.6 Å². The molecule has 0 radical (unpaired) electrons. The van der Waals surface area contributed by atoms with Gasteiger partial charge in [-0.2, -0.15) is 0 Å². The van der Waals surface area contributed by atoms with Gasteiger partial charge in [-0.3, -0.25) is 24.5 Å². The third kappa shape index (κ3) is 9.42. The Morgan fingerprint density at radius 3 is 2.52 bits per heavy atom. The molecule has 0 saturated carbocycles. The van der Waals surface area contributed by atoms with Crippen molar-refractivity contribution in [1.82, 2.24) is 25.4 Å². The third-order valence-electron chi connectivity index (χ3n) is 6.01. The number of ether oxygens (including phenoxy) is 2. The highest BCUT2D eigenvalue weighted by molar-refractivity contribution is 5.98. The van der Waals surface area contributed by atoms with Crippen LogP contribution in [0.1, 0.15) is 53.1 Å². The van der Waals surface area contributed by atoms with Crippen molar-refractivity contribution in [3.63, 3.8) is 0 Å². The topological polar surface area (TPSA) is 133 Å². The quantitative estimate of drug-likeness (QED) is 0.209. The number of carbonyl (C=O) groups excluding carboxylic acids is 3. The van der Waals surface area contributed by atoms with E-state index in [-0.39, 0.29) is 61.4 Å². The number of halogens is 2. The molecule has 0 bridgehead atoms. The van der Waals surface area contributed by atoms with Crippen LogP contribution in [0.5, 0.6) is 5.75 Å². The Hall–Kier alpha value is -3.84. The Kier molecular flexibility index (Phi) is 13.2. The molecule has 3 amide bonds. The minimum Gasteiger partial charge on any atom is -0.487 e. The van der Waals surface area contributed by atoms with Crippen molar-refractivity contribution in [3.05, 3.63) is 63.1 Å². The molecule has 1 heterocycles. The number of aromatic nitrogens is 1. The van der Waals surface area contributed by atoms with Gasteiger partial charge < -0.3 is 29.6 Å². The predicted molar refractivity (Wildman–Crippen MR) is 144 cm³/mol. The van der Waals surface area contributed by atoms with Crippen LogP contribution in [0.25, 0.3) is 0 Å². The Balaban J connectivity index is 2.27. The average molecular weight is 566 g/mol. The van der Waals surface area contributed by atoms with Crippen LogP contribution < -0.4 is 20.8 Å². The van der Waals surface area contributed by atoms with E-state index >= 15 is 0 Å². The number of H-pyrrole nitrogens is 1. The Morgan fingerprint density at radius 1 is 1.12 bits per heavy atom. The molecule has 220 valence electrons. The average Bonchev–Trinajstić information content (AvgIpc) is 2.92. The van der Waals surface area contributed by atoms with Gasteiger partial charge in [0.25, 0.3) is 11.8 Å². The van der Waals surface area contributed by atoms with Crippen LogP contribution in [0.2, 0.25) is 0 Å². The summed E-state index contributed by atoms with van der Waals surface area (Å²) in [6, 6.07) is 2.94. The van der Waals surface area contributed by atoms with Gasteiger partial charge in [0.2, 0.25) is 11.3 Å². The van der Waals surface area contributed by atoms with Crippen molar-refractivity contribution >= 4 is 17.7 Å². The van der Waals surface area contributed by atoms with Gasteiger partial charge in [-0.1, -0.05) is 19.4 Å². The number of rotatable bonds is 16. The van der Waals surface area contributed by atoms with E-state index in [2.05, 4.69) is 15.6 Å². The monoisotopic (exact) mass is 565 g/mol. The summed E-state index contributed by atoms with van der Waals surface area (Å²) in [6.45, 7) is 4.58. The van der Waals surface area contributed by atoms with Gasteiger partial charge in [-0.15, -0.1) is 0 Å². The normalized spacial score (nSPS) is 10.8. The summed E-state index contributed by atoms with van der Waals surface area (Å²) in [5, 5.41) is 5.53. The first kappa shape index (κ1) is 32.4. The van der Waals surface area contributed by atoms with Crippen LogP contribution in [-0.4, -0.2) is 86.2 Å². The Bertz CT molecular complexity index is 1220. The molecule has 1 aromatic carbocycles. The van der Waals surface area contributed by atoms with Crippen LogP contribution in [0.15, 0.2) is 29.2 Å². The van der Waals surface area contributed by atoms with Gasteiger partial charge >= 0.3 is 0 Å². The number of methoxy groups -OCH3 is 1. The van der Waals surface area contributed by atoms with Gasteiger partial charge in [0.05, 0.1) is 19.9 Å². The Labute approximate surface area is 231 Å². The number of pyridine rings is 1. The maximum absolute atomic E-state index is 14.0. The van der Waals surface area contributed by atoms with Crippen LogP contribution in [-0.2, 0) is 16.1 Å². The van der Waals surface area contributed by atoms with E-state index in [1.807, 2.05) is 6.92 Å². The second-order valence-corrected chi connectivity index (χ2v) is 9.02. The molecule has 2 rings (SSSR count). The van der Waals surface area contributed by atoms with Crippen molar-refractivity contribution in [2.75, 3.05) is 53.7 Å². The van der Waals surface area contributed by atoms with E-state index in [0.717, 1.165) is 18.7 Å². The van der Waals surface area contributed by atoms with Gasteiger partial charge in [-0.05, 0) is 12.5 Å². The number of nitrogens with zero attached hydrogens (tertiary/aromatic N) is 2. The zero-order valence-electron chi connectivity index (χ0n) is 23.3. The van der Waals surface area contributed by atoms with Crippen molar-refractivity contribution in [2.45, 2.75) is 33.2 Å². The van der Waals surface area contributed by atoms with Crippen molar-refractivity contribution < 1.29 is 32.6 Å². The molecule has 0 aliphatic carbocycles. The number of carbonyl (C=O) groups is 3. The number of aromatic amines is 1. The number of likely N-dealkylation sites (N-methyl/N-ethyl adjacent to an activating group) is 1. The first-order valence-corrected chi connectivity index (χ1v) is 12.9. The highest BCUT2D eigenvalue weighted by Crippen LogP contribution is 2.16. The zero-order chi connectivity index (χ0) is 29.7. The molecular weight excluding hydrogens is 528 g/mol. The number of unbranched alkanes of at least 4 members (excludes halogenated alkanes) is 1. The van der Waals surface area contributed by atoms with E-state index < -0.39 is 28.9 Å². The number of amides is 3. The first-order valence-electron chi connectivity index (χ1n) is 12.9. The Morgan fingerprint density at radius 2 is 1.88 bits per heavy atom. The molecule has 13 heteroatoms. The highest BCUT2D eigenvalue weighted by atomic mass is 19.1. The third-order valence-corrected chi connectivity index (χ3v) is 6.01. The largest absolute Gasteiger partial charge is 0.487 e. The summed E-state index contributed by atoms with van der Waals surface area (Å²) in [4.78, 5) is 56.7. The zero-order valence-corrected chi connectivity index (χ0v) is 23.3. The molecule has 0 unspecified atom stereocenters. The lowest BCUT2D eigenvalue weighted by Crippen LogP contribution is -2.44. The maximum atomic E-state index is 14.0. The number of hydrogen-bond acceptors (Lipinski definition) is 7. The highest BCUT2D eigenvalue weighted by Gasteiger charge is 2.26. The fourth-order valence-electron chi connectivity index (χ4n) is 3.46. The van der Waals surface area contributed by atoms with Gasteiger partial charge in [0.15, 0.2) is 11.4 Å². The van der Waals surface area contributed by atoms with Crippen molar-refractivity contribution in [1.29, 1.82) is 0 Å². The van der Waals surface area contributed by atoms with Crippen LogP contribution in [0, 0.1) is 11.6 Å². The summed E-state index contributed by atoms with van der Waals surface area (Å²) >= 11 is 0. The molecule has 0 atom stereocenters. The van der Waals surface area contributed by atoms with Crippen LogP contribution in [0.3, 0.4) is 0 Å². The molecule has 0 fully saturated rings. The van der Waals surface area contributed by atoms with Crippen molar-refractivity contribution in [3.8, 4) is 5.75 Å². The van der Waals surface area contributed by atoms with Crippen molar-refractivity contribution in [2.24, 2.45) is 0 Å². The lowest BCUT2D eigenvalue weighted by atomic mass is 10.1. The van der Waals surface area contributed by atoms with E-state index in [9.17, 15) is 28.0 Å². The molecular formula is C27H37F2N5O6. The fraction of sp³-hybridized carbons (Fsp3) is 0.481. The molecule has 0 aliphatic rings. The molecule has 0 spiro atoms. The summed E-state index contributed by atoms with van der Waals surface area (Å²) in [6.07, 6.45) is 2.47. The number of benzene rings is 1. The van der Waals surface area contributed by atoms with E-state index in [1.165, 1.54) is 29.9 Å². The van der Waals surface area contributed by atoms with Gasteiger partial charge in [0.1, 0.15) is 17.2 Å². The van der Waals surface area contributed by atoms with E-state index in [1.54, 1.807) is 7.05 Å². The molecule has 40 heavy (non-hydrogen) atoms. The molecule has 11 nitrogen and oxygen atoms in total. The summed E-state index contributed by atoms with van der Waals surface area (Å²) in [5.41, 5.74) is -1.24. The molecule has 3 N–H and O–H groups in total. The lowest BCUT2D eigenvalue weighted by Gasteiger charge is -2.24. The predicted octanol–water partition coefficient (Wildman–Crippen LogP) is 1.88. The first-order chi connectivity index (χ1) is 19.1. The summed E-state index contributed by atoms with van der Waals surface area (Å²) in [5.74, 6) is -3.37. The molecule has 1 aromatic heterocycles. The second-order valence-electron chi connectivity index (χ2n) is 9.02. The van der Waals surface area contributed by atoms with Gasteiger partial charge in [-0.25, -0.2) is 8.78 Å². The minimum atomic E-state index is -0.837. The van der Waals surface area contributed by atoms with Gasteiger partial charge in [0, 0.05) is 65.1 Å². The standard InChI is InChI=1S/C27H37F2N5O6/c1-5-6-12-40-25-23(27(38)34(11-13-39-4)17-30-9-10-33(3)18(2)35)31-16-21(24(25)36)26(37)32-15-19-7-8-20(28)14-22(19)29/h7-8,14,16,30H,5-6,9-13,15,17H2,1-4H3,(H,31,36)(H,32,37). The lowest BCUT2D eigenvalue weighted by molar-refractivity contribution is -0.127. The number of nitrogens with one attached hydrogen (secondary N) is 3. The fourth-order valence-corrected chi connectivity index (χ4v) is 3.46. The molecule has 0 aliphatic heterocycles. The SMILES string of the molecule is CCCCOc1c(C(=O)N(CCOC)CNCCN(C)C(C)=O)[nH]cc(C(=O)NCc2ccc(F)cc2F)c1=O. The van der Waals surface area contributed by atoms with Crippen LogP contribution in [0.4, 0.5) is 8.78 Å². The smallest absolute Gasteiger partial charge is 0.275 e. The summed E-state index contributed by atoms with van der Waals surface area (Å²) in [7, 11) is 3.15. The molecule has 0 saturated heterocycles. The summed E-state index contributed by atoms with van der Waals surface area (Å²) < 4.78 is 37.9. The molecule has 2 aromatic rings. The van der Waals surface area contributed by atoms with Crippen LogP contribution >= 0.6 is 0 Å². The van der Waals surface area contributed by atoms with E-state index in [4.69, 9.17) is 9.47 Å².